The largest absolute Gasteiger partial charge is 0.497 e. The van der Waals surface area contributed by atoms with Crippen LogP contribution in [0.4, 0.5) is 0 Å². The van der Waals surface area contributed by atoms with Crippen LogP contribution in [0.3, 0.4) is 0 Å². The summed E-state index contributed by atoms with van der Waals surface area (Å²) >= 11 is 0. The van der Waals surface area contributed by atoms with E-state index in [0.29, 0.717) is 6.54 Å². The van der Waals surface area contributed by atoms with E-state index in [1.165, 1.54) is 0 Å². The Kier molecular flexibility index (Phi) is 4.36. The lowest BCUT2D eigenvalue weighted by molar-refractivity contribution is 0.109. The van der Waals surface area contributed by atoms with Gasteiger partial charge in [0.25, 0.3) is 0 Å². The van der Waals surface area contributed by atoms with Gasteiger partial charge in [-0.15, -0.1) is 0 Å². The van der Waals surface area contributed by atoms with E-state index in [0.717, 1.165) is 48.1 Å². The van der Waals surface area contributed by atoms with Crippen molar-refractivity contribution in [2.45, 2.75) is 18.9 Å². The highest BCUT2D eigenvalue weighted by atomic mass is 16.5. The predicted octanol–water partition coefficient (Wildman–Crippen LogP) is 2.58. The monoisotopic (exact) mass is 285 g/mol. The third kappa shape index (κ3) is 3.17. The molecule has 2 heterocycles. The van der Waals surface area contributed by atoms with Crippen molar-refractivity contribution in [2.24, 2.45) is 0 Å². The first-order chi connectivity index (χ1) is 10.3. The number of β-amino-alcohol motifs (C(OH)–C–C–N with tert-alkyl or cyclic N) is 1. The van der Waals surface area contributed by atoms with Crippen molar-refractivity contribution >= 4 is 10.9 Å². The Labute approximate surface area is 125 Å². The zero-order chi connectivity index (χ0) is 14.7. The number of hydrogen-bond acceptors (Lipinski definition) is 4. The van der Waals surface area contributed by atoms with Crippen molar-refractivity contribution in [3.05, 3.63) is 42.4 Å². The number of fused-ring (bicyclic) bond motifs is 1. The minimum Gasteiger partial charge on any atom is -0.497 e. The molecule has 1 saturated heterocycles. The Bertz CT molecular complexity index is 609. The third-order valence-electron chi connectivity index (χ3n) is 4.07. The molecule has 0 bridgehead atoms. The summed E-state index contributed by atoms with van der Waals surface area (Å²) < 4.78 is 5.28. The molecular weight excluding hydrogens is 264 g/mol. The number of rotatable bonds is 4. The molecule has 0 amide bonds. The number of benzene rings is 1. The lowest BCUT2D eigenvalue weighted by Gasteiger charge is -2.28. The summed E-state index contributed by atoms with van der Waals surface area (Å²) in [5.74, 6) is 0.788. The SMILES string of the molecule is COc1ccc2nccc([C@@H](O)CN3CC[CH]CC3)c2c1. The van der Waals surface area contributed by atoms with Crippen LogP contribution in [-0.2, 0) is 0 Å². The zero-order valence-electron chi connectivity index (χ0n) is 12.3. The van der Waals surface area contributed by atoms with Crippen LogP contribution in [-0.4, -0.2) is 41.7 Å². The molecule has 1 aliphatic heterocycles. The Morgan fingerprint density at radius 3 is 2.86 bits per heavy atom. The standard InChI is InChI=1S/C17H21N2O2/c1-21-13-5-6-16-15(11-13)14(7-8-18-16)17(20)12-19-9-3-2-4-10-19/h2,5-8,11,17,20H,3-4,9-10,12H2,1H3/t17-/m0/s1. The highest BCUT2D eigenvalue weighted by Gasteiger charge is 2.18. The second-order valence-corrected chi connectivity index (χ2v) is 5.47. The van der Waals surface area contributed by atoms with Gasteiger partial charge >= 0.3 is 0 Å². The molecule has 1 aliphatic rings. The highest BCUT2D eigenvalue weighted by molar-refractivity contribution is 5.83. The van der Waals surface area contributed by atoms with Gasteiger partial charge in [0.05, 0.1) is 18.7 Å². The topological polar surface area (TPSA) is 45.6 Å². The average Bonchev–Trinajstić information content (AvgIpc) is 2.54. The van der Waals surface area contributed by atoms with Crippen LogP contribution in [0.25, 0.3) is 10.9 Å². The summed E-state index contributed by atoms with van der Waals surface area (Å²) in [4.78, 5) is 6.68. The van der Waals surface area contributed by atoms with E-state index in [-0.39, 0.29) is 0 Å². The van der Waals surface area contributed by atoms with Gasteiger partial charge in [-0.25, -0.2) is 0 Å². The number of methoxy groups -OCH3 is 1. The lowest BCUT2D eigenvalue weighted by atomic mass is 10.0. The molecule has 2 aromatic rings. The molecule has 111 valence electrons. The number of hydrogen-bond donors (Lipinski definition) is 1. The maximum absolute atomic E-state index is 10.6. The summed E-state index contributed by atoms with van der Waals surface area (Å²) in [7, 11) is 1.65. The molecule has 1 aromatic heterocycles. The van der Waals surface area contributed by atoms with Gasteiger partial charge < -0.3 is 14.7 Å². The van der Waals surface area contributed by atoms with Gasteiger partial charge in [-0.05, 0) is 62.2 Å². The van der Waals surface area contributed by atoms with E-state index in [4.69, 9.17) is 4.74 Å². The maximum Gasteiger partial charge on any atom is 0.119 e. The first-order valence-electron chi connectivity index (χ1n) is 7.42. The first kappa shape index (κ1) is 14.3. The Hall–Kier alpha value is -1.65. The van der Waals surface area contributed by atoms with E-state index >= 15 is 0 Å². The minimum atomic E-state index is -0.499. The molecule has 1 radical (unpaired) electrons. The van der Waals surface area contributed by atoms with Crippen LogP contribution in [0.1, 0.15) is 24.5 Å². The maximum atomic E-state index is 10.6. The number of aliphatic hydroxyl groups excluding tert-OH is 1. The van der Waals surface area contributed by atoms with Gasteiger partial charge in [0.15, 0.2) is 0 Å². The Morgan fingerprint density at radius 2 is 2.10 bits per heavy atom. The van der Waals surface area contributed by atoms with Crippen molar-refractivity contribution in [3.8, 4) is 5.75 Å². The van der Waals surface area contributed by atoms with Gasteiger partial charge in [0.1, 0.15) is 5.75 Å². The molecule has 1 N–H and O–H groups in total. The van der Waals surface area contributed by atoms with Crippen LogP contribution in [0, 0.1) is 6.42 Å². The summed E-state index contributed by atoms with van der Waals surface area (Å²) in [6.07, 6.45) is 5.79. The Morgan fingerprint density at radius 1 is 1.29 bits per heavy atom. The molecule has 0 aliphatic carbocycles. The van der Waals surface area contributed by atoms with Crippen molar-refractivity contribution in [2.75, 3.05) is 26.7 Å². The number of aliphatic hydroxyl groups is 1. The van der Waals surface area contributed by atoms with E-state index < -0.39 is 6.10 Å². The van der Waals surface area contributed by atoms with Crippen LogP contribution < -0.4 is 4.74 Å². The lowest BCUT2D eigenvalue weighted by Crippen LogP contribution is -2.33. The Balaban J connectivity index is 1.87. The first-order valence-corrected chi connectivity index (χ1v) is 7.42. The van der Waals surface area contributed by atoms with Gasteiger partial charge in [-0.3, -0.25) is 4.98 Å². The van der Waals surface area contributed by atoms with E-state index in [1.807, 2.05) is 24.3 Å². The van der Waals surface area contributed by atoms with Gasteiger partial charge in [-0.2, -0.15) is 0 Å². The molecule has 1 aromatic carbocycles. The molecule has 0 unspecified atom stereocenters. The fourth-order valence-electron chi connectivity index (χ4n) is 2.89. The van der Waals surface area contributed by atoms with Gasteiger partial charge in [0, 0.05) is 18.1 Å². The predicted molar refractivity (Wildman–Crippen MR) is 83.2 cm³/mol. The molecule has 3 rings (SSSR count). The van der Waals surface area contributed by atoms with Crippen LogP contribution in [0.15, 0.2) is 30.5 Å². The number of aromatic nitrogens is 1. The molecule has 4 nitrogen and oxygen atoms in total. The number of pyridine rings is 1. The summed E-state index contributed by atoms with van der Waals surface area (Å²) in [6.45, 7) is 2.73. The van der Waals surface area contributed by atoms with E-state index in [2.05, 4.69) is 16.3 Å². The fourth-order valence-corrected chi connectivity index (χ4v) is 2.89. The number of likely N-dealkylation sites (tertiary alicyclic amines) is 1. The molecule has 4 heteroatoms. The van der Waals surface area contributed by atoms with E-state index in [9.17, 15) is 5.11 Å². The molecule has 0 spiro atoms. The normalized spacial score (nSPS) is 17.8. The second-order valence-electron chi connectivity index (χ2n) is 5.47. The van der Waals surface area contributed by atoms with Crippen molar-refractivity contribution in [3.63, 3.8) is 0 Å². The summed E-state index contributed by atoms with van der Waals surface area (Å²) in [5, 5.41) is 11.6. The molecular formula is C17H21N2O2. The number of piperidine rings is 1. The quantitative estimate of drug-likeness (QED) is 0.938. The van der Waals surface area contributed by atoms with Crippen molar-refractivity contribution in [1.82, 2.24) is 9.88 Å². The third-order valence-corrected chi connectivity index (χ3v) is 4.07. The summed E-state index contributed by atoms with van der Waals surface area (Å²) in [6, 6.07) is 7.68. The van der Waals surface area contributed by atoms with Crippen LogP contribution in [0.2, 0.25) is 0 Å². The zero-order valence-corrected chi connectivity index (χ0v) is 12.3. The van der Waals surface area contributed by atoms with Crippen molar-refractivity contribution < 1.29 is 9.84 Å². The molecule has 21 heavy (non-hydrogen) atoms. The number of nitrogens with zero attached hydrogens (tertiary/aromatic N) is 2. The second kappa shape index (κ2) is 6.41. The molecule has 1 fully saturated rings. The van der Waals surface area contributed by atoms with Crippen LogP contribution >= 0.6 is 0 Å². The van der Waals surface area contributed by atoms with Gasteiger partial charge in [0.2, 0.25) is 0 Å². The van der Waals surface area contributed by atoms with Gasteiger partial charge in [-0.1, -0.05) is 0 Å². The smallest absolute Gasteiger partial charge is 0.119 e. The highest BCUT2D eigenvalue weighted by Crippen LogP contribution is 2.27. The number of ether oxygens (including phenoxy) is 1. The molecule has 1 atom stereocenters. The average molecular weight is 285 g/mol. The molecule has 0 saturated carbocycles. The van der Waals surface area contributed by atoms with Crippen molar-refractivity contribution in [1.29, 1.82) is 0 Å². The summed E-state index contributed by atoms with van der Waals surface area (Å²) in [5.41, 5.74) is 1.81. The fraction of sp³-hybridized carbons (Fsp3) is 0.412. The van der Waals surface area contributed by atoms with E-state index in [1.54, 1.807) is 13.3 Å². The van der Waals surface area contributed by atoms with Crippen LogP contribution in [0.5, 0.6) is 5.75 Å². The minimum absolute atomic E-state index is 0.499.